The summed E-state index contributed by atoms with van der Waals surface area (Å²) in [6.45, 7) is 8.94. The fourth-order valence-electron chi connectivity index (χ4n) is 2.07. The van der Waals surface area contributed by atoms with Gasteiger partial charge in [-0.25, -0.2) is 0 Å². The molecule has 1 heterocycles. The van der Waals surface area contributed by atoms with Crippen LogP contribution >= 0.6 is 0 Å². The van der Waals surface area contributed by atoms with Crippen LogP contribution in [0.15, 0.2) is 6.07 Å². The third-order valence-corrected chi connectivity index (χ3v) is 2.87. The van der Waals surface area contributed by atoms with Crippen molar-refractivity contribution in [2.24, 2.45) is 5.41 Å². The van der Waals surface area contributed by atoms with E-state index >= 15 is 0 Å². The molecule has 0 bridgehead atoms. The van der Waals surface area contributed by atoms with Crippen LogP contribution in [-0.2, 0) is 24.2 Å². The molecule has 0 unspecified atom stereocenters. The van der Waals surface area contributed by atoms with Crippen LogP contribution in [0.4, 0.5) is 0 Å². The maximum absolute atomic E-state index is 10.8. The lowest BCUT2D eigenvalue weighted by molar-refractivity contribution is -0.139. The molecule has 0 spiro atoms. The molecule has 0 saturated carbocycles. The van der Waals surface area contributed by atoms with Gasteiger partial charge >= 0.3 is 5.97 Å². The first-order valence-corrected chi connectivity index (χ1v) is 6.15. The predicted octanol–water partition coefficient (Wildman–Crippen LogP) is 2.51. The maximum atomic E-state index is 10.8. The summed E-state index contributed by atoms with van der Waals surface area (Å²) in [5.41, 5.74) is 1.98. The molecule has 0 atom stereocenters. The lowest BCUT2D eigenvalue weighted by Gasteiger charge is -2.22. The highest BCUT2D eigenvalue weighted by atomic mass is 16.4. The van der Waals surface area contributed by atoms with Crippen molar-refractivity contribution in [1.82, 2.24) is 9.78 Å². The Bertz CT molecular complexity index is 394. The van der Waals surface area contributed by atoms with E-state index in [0.29, 0.717) is 0 Å². The van der Waals surface area contributed by atoms with Crippen molar-refractivity contribution in [2.75, 3.05) is 0 Å². The average molecular weight is 238 g/mol. The van der Waals surface area contributed by atoms with Crippen LogP contribution < -0.4 is 0 Å². The van der Waals surface area contributed by atoms with E-state index in [1.165, 1.54) is 0 Å². The molecule has 1 aromatic rings. The van der Waals surface area contributed by atoms with Crippen LogP contribution in [0, 0.1) is 5.41 Å². The van der Waals surface area contributed by atoms with E-state index in [0.717, 1.165) is 30.8 Å². The summed E-state index contributed by atoms with van der Waals surface area (Å²) >= 11 is 0. The summed E-state index contributed by atoms with van der Waals surface area (Å²) in [5.74, 6) is -0.742. The van der Waals surface area contributed by atoms with Gasteiger partial charge in [0.2, 0.25) is 0 Å². The fourth-order valence-corrected chi connectivity index (χ4v) is 2.07. The molecule has 0 fully saturated rings. The quantitative estimate of drug-likeness (QED) is 0.828. The molecule has 1 rings (SSSR count). The summed E-state index contributed by atoms with van der Waals surface area (Å²) < 4.78 is 1.97. The van der Waals surface area contributed by atoms with Crippen molar-refractivity contribution in [3.05, 3.63) is 17.5 Å². The van der Waals surface area contributed by atoms with Gasteiger partial charge in [0.05, 0.1) is 12.1 Å². The van der Waals surface area contributed by atoms with Crippen LogP contribution in [0.25, 0.3) is 0 Å². The third-order valence-electron chi connectivity index (χ3n) is 2.87. The van der Waals surface area contributed by atoms with Gasteiger partial charge in [0.25, 0.3) is 0 Å². The van der Waals surface area contributed by atoms with Crippen molar-refractivity contribution in [3.63, 3.8) is 0 Å². The molecule has 0 aliphatic heterocycles. The van der Waals surface area contributed by atoms with Gasteiger partial charge in [-0.3, -0.25) is 9.48 Å². The number of aromatic nitrogens is 2. The predicted molar refractivity (Wildman–Crippen MR) is 67.0 cm³/mol. The first-order chi connectivity index (χ1) is 7.88. The first-order valence-electron chi connectivity index (χ1n) is 6.15. The summed E-state index contributed by atoms with van der Waals surface area (Å²) in [6.07, 6.45) is 1.85. The molecule has 4 heteroatoms. The Morgan fingerprint density at radius 2 is 2.12 bits per heavy atom. The van der Waals surface area contributed by atoms with Gasteiger partial charge in [0, 0.05) is 12.2 Å². The fraction of sp³-hybridized carbons (Fsp3) is 0.692. The van der Waals surface area contributed by atoms with Gasteiger partial charge in [0.15, 0.2) is 0 Å². The second-order valence-corrected chi connectivity index (χ2v) is 5.21. The second-order valence-electron chi connectivity index (χ2n) is 5.21. The SMILES string of the molecule is CCc1cc(CC(C)(C)CC(=O)O)n(CC)n1. The van der Waals surface area contributed by atoms with Gasteiger partial charge < -0.3 is 5.11 Å². The highest BCUT2D eigenvalue weighted by Gasteiger charge is 2.24. The Morgan fingerprint density at radius 1 is 1.47 bits per heavy atom. The zero-order valence-corrected chi connectivity index (χ0v) is 11.2. The van der Waals surface area contributed by atoms with E-state index in [4.69, 9.17) is 5.11 Å². The standard InChI is InChI=1S/C13H22N2O2/c1-5-10-7-11(15(6-2)14-10)8-13(3,4)9-12(16)17/h7H,5-6,8-9H2,1-4H3,(H,16,17). The normalized spacial score (nSPS) is 11.8. The smallest absolute Gasteiger partial charge is 0.303 e. The van der Waals surface area contributed by atoms with E-state index in [-0.39, 0.29) is 11.8 Å². The lowest BCUT2D eigenvalue weighted by atomic mass is 9.84. The van der Waals surface area contributed by atoms with Gasteiger partial charge in [-0.2, -0.15) is 5.10 Å². The molecule has 1 aromatic heterocycles. The molecular weight excluding hydrogens is 216 g/mol. The van der Waals surface area contributed by atoms with E-state index < -0.39 is 5.97 Å². The molecule has 17 heavy (non-hydrogen) atoms. The largest absolute Gasteiger partial charge is 0.481 e. The van der Waals surface area contributed by atoms with Gasteiger partial charge in [-0.05, 0) is 31.2 Å². The molecule has 0 amide bonds. The average Bonchev–Trinajstić information content (AvgIpc) is 2.57. The number of aryl methyl sites for hydroxylation is 2. The van der Waals surface area contributed by atoms with Crippen molar-refractivity contribution < 1.29 is 9.90 Å². The Hall–Kier alpha value is -1.32. The second kappa shape index (κ2) is 5.34. The molecule has 0 aliphatic rings. The minimum Gasteiger partial charge on any atom is -0.481 e. The van der Waals surface area contributed by atoms with E-state index in [1.807, 2.05) is 18.5 Å². The zero-order valence-electron chi connectivity index (χ0n) is 11.2. The minimum atomic E-state index is -0.742. The number of carboxylic acid groups (broad SMARTS) is 1. The third kappa shape index (κ3) is 3.88. The summed E-state index contributed by atoms with van der Waals surface area (Å²) in [7, 11) is 0. The molecule has 0 saturated heterocycles. The van der Waals surface area contributed by atoms with Crippen LogP contribution in [-0.4, -0.2) is 20.9 Å². The number of carboxylic acids is 1. The van der Waals surface area contributed by atoms with E-state index in [1.54, 1.807) is 0 Å². The number of rotatable bonds is 6. The lowest BCUT2D eigenvalue weighted by Crippen LogP contribution is -2.21. The van der Waals surface area contributed by atoms with Gasteiger partial charge in [-0.15, -0.1) is 0 Å². The molecule has 0 radical (unpaired) electrons. The molecule has 0 aliphatic carbocycles. The number of hydrogen-bond acceptors (Lipinski definition) is 2. The van der Waals surface area contributed by atoms with Crippen LogP contribution in [0.3, 0.4) is 0 Å². The van der Waals surface area contributed by atoms with Crippen LogP contribution in [0.5, 0.6) is 0 Å². The van der Waals surface area contributed by atoms with Crippen molar-refractivity contribution in [3.8, 4) is 0 Å². The topological polar surface area (TPSA) is 55.1 Å². The molecular formula is C13H22N2O2. The van der Waals surface area contributed by atoms with E-state index in [2.05, 4.69) is 25.0 Å². The van der Waals surface area contributed by atoms with Crippen molar-refractivity contribution in [1.29, 1.82) is 0 Å². The molecule has 0 aromatic carbocycles. The van der Waals surface area contributed by atoms with Crippen molar-refractivity contribution in [2.45, 2.75) is 53.5 Å². The monoisotopic (exact) mass is 238 g/mol. The summed E-state index contributed by atoms with van der Waals surface area (Å²) in [4.78, 5) is 10.8. The van der Waals surface area contributed by atoms with Crippen LogP contribution in [0.2, 0.25) is 0 Å². The summed E-state index contributed by atoms with van der Waals surface area (Å²) in [5, 5.41) is 13.4. The van der Waals surface area contributed by atoms with Gasteiger partial charge in [0.1, 0.15) is 0 Å². The Balaban J connectivity index is 2.85. The highest BCUT2D eigenvalue weighted by molar-refractivity contribution is 5.67. The Morgan fingerprint density at radius 3 is 2.59 bits per heavy atom. The molecule has 96 valence electrons. The number of nitrogens with zero attached hydrogens (tertiary/aromatic N) is 2. The Labute approximate surface area is 103 Å². The Kier molecular flexibility index (Phi) is 4.32. The number of carbonyl (C=O) groups is 1. The molecule has 1 N–H and O–H groups in total. The number of aliphatic carboxylic acids is 1. The highest BCUT2D eigenvalue weighted by Crippen LogP contribution is 2.26. The van der Waals surface area contributed by atoms with Crippen LogP contribution in [0.1, 0.15) is 45.5 Å². The minimum absolute atomic E-state index is 0.184. The summed E-state index contributed by atoms with van der Waals surface area (Å²) in [6, 6.07) is 2.09. The number of hydrogen-bond donors (Lipinski definition) is 1. The van der Waals surface area contributed by atoms with E-state index in [9.17, 15) is 4.79 Å². The maximum Gasteiger partial charge on any atom is 0.303 e. The molecule has 4 nitrogen and oxygen atoms in total. The van der Waals surface area contributed by atoms with Crippen molar-refractivity contribution >= 4 is 5.97 Å². The first kappa shape index (κ1) is 13.7. The van der Waals surface area contributed by atoms with Gasteiger partial charge in [-0.1, -0.05) is 20.8 Å². The zero-order chi connectivity index (χ0) is 13.1.